The molecule has 0 aliphatic heterocycles. The lowest BCUT2D eigenvalue weighted by Gasteiger charge is -2.36. The Balaban J connectivity index is 1.81. The summed E-state index contributed by atoms with van der Waals surface area (Å²) in [6.45, 7) is 0.615. The average molecular weight is 217 g/mol. The number of pyridine rings is 1. The summed E-state index contributed by atoms with van der Waals surface area (Å²) in [5, 5.41) is 13.3. The van der Waals surface area contributed by atoms with Crippen LogP contribution in [-0.2, 0) is 0 Å². The molecule has 4 heteroatoms. The van der Waals surface area contributed by atoms with E-state index in [1.165, 1.54) is 0 Å². The number of aromatic nitrogens is 2. The molecule has 0 atom stereocenters. The molecule has 16 heavy (non-hydrogen) atoms. The fourth-order valence-corrected chi connectivity index (χ4v) is 2.11. The van der Waals surface area contributed by atoms with Crippen LogP contribution in [0.4, 0.5) is 5.82 Å². The first-order valence-corrected chi connectivity index (χ1v) is 5.65. The largest absolute Gasteiger partial charge is 0.388 e. The first kappa shape index (κ1) is 9.66. The van der Waals surface area contributed by atoms with Gasteiger partial charge in [-0.1, -0.05) is 6.07 Å². The Morgan fingerprint density at radius 1 is 1.44 bits per heavy atom. The molecule has 0 bridgehead atoms. The van der Waals surface area contributed by atoms with Crippen LogP contribution in [0.15, 0.2) is 30.6 Å². The number of rotatable bonds is 3. The van der Waals surface area contributed by atoms with Crippen molar-refractivity contribution in [2.24, 2.45) is 0 Å². The number of nitrogens with one attached hydrogen (secondary N) is 1. The third kappa shape index (κ3) is 1.55. The van der Waals surface area contributed by atoms with Gasteiger partial charge >= 0.3 is 0 Å². The predicted octanol–water partition coefficient (Wildman–Crippen LogP) is 1.66. The highest BCUT2D eigenvalue weighted by Gasteiger charge is 2.33. The Morgan fingerprint density at radius 2 is 2.31 bits per heavy atom. The van der Waals surface area contributed by atoms with E-state index in [1.807, 2.05) is 28.8 Å². The quantitative estimate of drug-likeness (QED) is 0.822. The molecule has 1 aliphatic carbocycles. The minimum atomic E-state index is -0.497. The van der Waals surface area contributed by atoms with Crippen molar-refractivity contribution in [3.63, 3.8) is 0 Å². The van der Waals surface area contributed by atoms with Gasteiger partial charge in [-0.3, -0.25) is 4.40 Å². The van der Waals surface area contributed by atoms with Gasteiger partial charge in [-0.25, -0.2) is 4.98 Å². The number of aliphatic hydroxyl groups is 1. The van der Waals surface area contributed by atoms with Crippen molar-refractivity contribution in [2.75, 3.05) is 11.9 Å². The third-order valence-electron chi connectivity index (χ3n) is 3.31. The zero-order valence-electron chi connectivity index (χ0n) is 9.06. The van der Waals surface area contributed by atoms with E-state index in [4.69, 9.17) is 0 Å². The topological polar surface area (TPSA) is 49.6 Å². The molecule has 1 aliphatic rings. The minimum Gasteiger partial charge on any atom is -0.388 e. The maximum Gasteiger partial charge on any atom is 0.138 e. The molecule has 0 radical (unpaired) electrons. The maximum atomic E-state index is 10.0. The van der Waals surface area contributed by atoms with Crippen LogP contribution in [0.2, 0.25) is 0 Å². The van der Waals surface area contributed by atoms with Gasteiger partial charge < -0.3 is 10.4 Å². The van der Waals surface area contributed by atoms with Gasteiger partial charge in [0.05, 0.1) is 5.60 Å². The highest BCUT2D eigenvalue weighted by atomic mass is 16.3. The number of anilines is 1. The van der Waals surface area contributed by atoms with Crippen molar-refractivity contribution in [1.29, 1.82) is 0 Å². The summed E-state index contributed by atoms with van der Waals surface area (Å²) in [5.41, 5.74) is 0.425. The molecule has 2 heterocycles. The molecule has 2 aromatic rings. The second-order valence-corrected chi connectivity index (χ2v) is 4.50. The van der Waals surface area contributed by atoms with Gasteiger partial charge in [0.15, 0.2) is 0 Å². The van der Waals surface area contributed by atoms with Crippen molar-refractivity contribution in [1.82, 2.24) is 9.38 Å². The summed E-state index contributed by atoms with van der Waals surface area (Å²) >= 11 is 0. The van der Waals surface area contributed by atoms with E-state index in [2.05, 4.69) is 10.3 Å². The van der Waals surface area contributed by atoms with E-state index < -0.39 is 5.60 Å². The molecule has 1 saturated carbocycles. The van der Waals surface area contributed by atoms with Crippen molar-refractivity contribution >= 4 is 11.5 Å². The minimum absolute atomic E-state index is 0.497. The molecule has 0 amide bonds. The first-order chi connectivity index (χ1) is 7.77. The highest BCUT2D eigenvalue weighted by Crippen LogP contribution is 2.31. The smallest absolute Gasteiger partial charge is 0.138 e. The summed E-state index contributed by atoms with van der Waals surface area (Å²) in [6.07, 6.45) is 6.63. The van der Waals surface area contributed by atoms with E-state index in [0.29, 0.717) is 6.54 Å². The monoisotopic (exact) mass is 217 g/mol. The summed E-state index contributed by atoms with van der Waals surface area (Å²) in [7, 11) is 0. The highest BCUT2D eigenvalue weighted by molar-refractivity contribution is 5.49. The fourth-order valence-electron chi connectivity index (χ4n) is 2.11. The molecule has 0 aromatic carbocycles. The van der Waals surface area contributed by atoms with Crippen molar-refractivity contribution in [3.8, 4) is 0 Å². The van der Waals surface area contributed by atoms with Crippen molar-refractivity contribution in [3.05, 3.63) is 30.6 Å². The van der Waals surface area contributed by atoms with Gasteiger partial charge in [-0.05, 0) is 31.4 Å². The van der Waals surface area contributed by atoms with Crippen molar-refractivity contribution < 1.29 is 5.11 Å². The normalized spacial score (nSPS) is 18.3. The Hall–Kier alpha value is -1.55. The van der Waals surface area contributed by atoms with Crippen LogP contribution < -0.4 is 5.32 Å². The Bertz CT molecular complexity index is 502. The van der Waals surface area contributed by atoms with Gasteiger partial charge in [0.25, 0.3) is 0 Å². The number of hydrogen-bond donors (Lipinski definition) is 2. The number of hydrogen-bond acceptors (Lipinski definition) is 3. The van der Waals surface area contributed by atoms with Crippen LogP contribution in [0.25, 0.3) is 5.65 Å². The van der Waals surface area contributed by atoms with Gasteiger partial charge in [-0.2, -0.15) is 0 Å². The Kier molecular flexibility index (Phi) is 2.11. The first-order valence-electron chi connectivity index (χ1n) is 5.65. The summed E-state index contributed by atoms with van der Waals surface area (Å²) < 4.78 is 1.99. The van der Waals surface area contributed by atoms with E-state index in [0.717, 1.165) is 30.7 Å². The molecule has 0 saturated heterocycles. The maximum absolute atomic E-state index is 10.0. The second-order valence-electron chi connectivity index (χ2n) is 4.50. The zero-order valence-corrected chi connectivity index (χ0v) is 9.06. The van der Waals surface area contributed by atoms with E-state index in [9.17, 15) is 5.11 Å². The standard InChI is InChI=1S/C12H15N3O/c16-12(5-2-6-12)9-14-11-4-1-3-10-13-7-8-15(10)11/h1,3-4,7-8,14,16H,2,5-6,9H2. The lowest BCUT2D eigenvalue weighted by atomic mass is 9.80. The fraction of sp³-hybridized carbons (Fsp3) is 0.417. The molecular formula is C12H15N3O. The van der Waals surface area contributed by atoms with Crippen molar-refractivity contribution in [2.45, 2.75) is 24.9 Å². The number of fused-ring (bicyclic) bond motifs is 1. The van der Waals surface area contributed by atoms with Crippen LogP contribution in [0, 0.1) is 0 Å². The summed E-state index contributed by atoms with van der Waals surface area (Å²) in [4.78, 5) is 4.22. The molecular weight excluding hydrogens is 202 g/mol. The van der Waals surface area contributed by atoms with Gasteiger partial charge in [0, 0.05) is 18.9 Å². The zero-order chi connectivity index (χ0) is 11.0. The molecule has 2 N–H and O–H groups in total. The molecule has 4 nitrogen and oxygen atoms in total. The summed E-state index contributed by atoms with van der Waals surface area (Å²) in [6, 6.07) is 5.93. The lowest BCUT2D eigenvalue weighted by molar-refractivity contribution is -0.0202. The van der Waals surface area contributed by atoms with Gasteiger partial charge in [0.2, 0.25) is 0 Å². The van der Waals surface area contributed by atoms with Gasteiger partial charge in [0.1, 0.15) is 11.5 Å². The molecule has 3 rings (SSSR count). The lowest BCUT2D eigenvalue weighted by Crippen LogP contribution is -2.43. The molecule has 1 fully saturated rings. The van der Waals surface area contributed by atoms with E-state index >= 15 is 0 Å². The molecule has 84 valence electrons. The number of nitrogens with zero attached hydrogens (tertiary/aromatic N) is 2. The van der Waals surface area contributed by atoms with Gasteiger partial charge in [-0.15, -0.1) is 0 Å². The third-order valence-corrected chi connectivity index (χ3v) is 3.31. The Morgan fingerprint density at radius 3 is 3.06 bits per heavy atom. The van der Waals surface area contributed by atoms with E-state index in [1.54, 1.807) is 6.20 Å². The van der Waals surface area contributed by atoms with Crippen LogP contribution in [0.1, 0.15) is 19.3 Å². The molecule has 0 unspecified atom stereocenters. The SMILES string of the molecule is OC1(CNc2cccc3nccn23)CCC1. The van der Waals surface area contributed by atoms with E-state index in [-0.39, 0.29) is 0 Å². The Labute approximate surface area is 93.9 Å². The second kappa shape index (κ2) is 3.49. The molecule has 0 spiro atoms. The van der Waals surface area contributed by atoms with Crippen LogP contribution in [0.3, 0.4) is 0 Å². The molecule has 2 aromatic heterocycles. The average Bonchev–Trinajstić information content (AvgIpc) is 2.72. The van der Waals surface area contributed by atoms with Crippen LogP contribution in [-0.4, -0.2) is 26.6 Å². The summed E-state index contributed by atoms with van der Waals surface area (Å²) in [5.74, 6) is 0.982. The number of imidazole rings is 1. The van der Waals surface area contributed by atoms with Crippen LogP contribution >= 0.6 is 0 Å². The van der Waals surface area contributed by atoms with Crippen LogP contribution in [0.5, 0.6) is 0 Å². The predicted molar refractivity (Wildman–Crippen MR) is 62.5 cm³/mol.